The summed E-state index contributed by atoms with van der Waals surface area (Å²) in [6.45, 7) is 3.99. The van der Waals surface area contributed by atoms with Gasteiger partial charge in [0.1, 0.15) is 0 Å². The van der Waals surface area contributed by atoms with Crippen LogP contribution < -0.4 is 10.5 Å². The number of hydrogen-bond acceptors (Lipinski definition) is 2. The van der Waals surface area contributed by atoms with Crippen molar-refractivity contribution >= 4 is 15.9 Å². The highest BCUT2D eigenvalue weighted by Crippen LogP contribution is 2.31. The smallest absolute Gasteiger partial charge is 0.170 e. The van der Waals surface area contributed by atoms with Crippen LogP contribution in [-0.4, -0.2) is 7.11 Å². The highest BCUT2D eigenvalue weighted by atomic mass is 79.9. The monoisotopic (exact) mass is 337 g/mol. The SMILES string of the molecule is COc1cccc(C(N)c2cc(C)c(Br)c(C)c2)c1F. The summed E-state index contributed by atoms with van der Waals surface area (Å²) >= 11 is 3.52. The van der Waals surface area contributed by atoms with E-state index in [0.717, 1.165) is 21.2 Å². The summed E-state index contributed by atoms with van der Waals surface area (Å²) in [6, 6.07) is 8.45. The molecule has 1 atom stereocenters. The quantitative estimate of drug-likeness (QED) is 0.907. The van der Waals surface area contributed by atoms with E-state index in [-0.39, 0.29) is 5.75 Å². The highest BCUT2D eigenvalue weighted by Gasteiger charge is 2.17. The van der Waals surface area contributed by atoms with Crippen molar-refractivity contribution in [1.82, 2.24) is 0 Å². The van der Waals surface area contributed by atoms with Crippen molar-refractivity contribution in [2.45, 2.75) is 19.9 Å². The van der Waals surface area contributed by atoms with E-state index in [9.17, 15) is 4.39 Å². The molecule has 0 amide bonds. The molecule has 0 aliphatic carbocycles. The lowest BCUT2D eigenvalue weighted by Gasteiger charge is -2.17. The van der Waals surface area contributed by atoms with Gasteiger partial charge in [0.15, 0.2) is 11.6 Å². The summed E-state index contributed by atoms with van der Waals surface area (Å²) in [5, 5.41) is 0. The Morgan fingerprint density at radius 2 is 1.80 bits per heavy atom. The van der Waals surface area contributed by atoms with Crippen LogP contribution in [0, 0.1) is 19.7 Å². The minimum Gasteiger partial charge on any atom is -0.494 e. The molecule has 2 N–H and O–H groups in total. The van der Waals surface area contributed by atoms with Crippen LogP contribution in [0.5, 0.6) is 5.75 Å². The Labute approximate surface area is 126 Å². The summed E-state index contributed by atoms with van der Waals surface area (Å²) in [7, 11) is 1.45. The number of benzene rings is 2. The Kier molecular flexibility index (Phi) is 4.45. The lowest BCUT2D eigenvalue weighted by Crippen LogP contribution is -2.14. The Morgan fingerprint density at radius 1 is 1.20 bits per heavy atom. The van der Waals surface area contributed by atoms with Crippen LogP contribution in [0.2, 0.25) is 0 Å². The average Bonchev–Trinajstić information content (AvgIpc) is 2.43. The highest BCUT2D eigenvalue weighted by molar-refractivity contribution is 9.10. The fourth-order valence-corrected chi connectivity index (χ4v) is 2.49. The molecule has 0 aromatic heterocycles. The molecule has 2 aromatic carbocycles. The van der Waals surface area contributed by atoms with E-state index in [0.29, 0.717) is 5.56 Å². The van der Waals surface area contributed by atoms with Gasteiger partial charge in [0, 0.05) is 10.0 Å². The van der Waals surface area contributed by atoms with Crippen molar-refractivity contribution < 1.29 is 9.13 Å². The molecule has 0 radical (unpaired) electrons. The van der Waals surface area contributed by atoms with E-state index in [2.05, 4.69) is 15.9 Å². The maximum absolute atomic E-state index is 14.3. The van der Waals surface area contributed by atoms with Crippen molar-refractivity contribution in [2.75, 3.05) is 7.11 Å². The zero-order valence-corrected chi connectivity index (χ0v) is 13.3. The van der Waals surface area contributed by atoms with Gasteiger partial charge < -0.3 is 10.5 Å². The average molecular weight is 338 g/mol. The Morgan fingerprint density at radius 3 is 2.35 bits per heavy atom. The van der Waals surface area contributed by atoms with Gasteiger partial charge in [-0.05, 0) is 36.6 Å². The molecule has 0 fully saturated rings. The van der Waals surface area contributed by atoms with Gasteiger partial charge in [0.05, 0.1) is 13.2 Å². The number of halogens is 2. The van der Waals surface area contributed by atoms with Crippen molar-refractivity contribution in [2.24, 2.45) is 5.73 Å². The predicted molar refractivity (Wildman–Crippen MR) is 82.6 cm³/mol. The predicted octanol–water partition coefficient (Wildman–Crippen LogP) is 4.26. The van der Waals surface area contributed by atoms with Gasteiger partial charge >= 0.3 is 0 Å². The second kappa shape index (κ2) is 5.94. The minimum absolute atomic E-state index is 0.212. The molecular weight excluding hydrogens is 321 g/mol. The second-order valence-corrected chi connectivity index (χ2v) is 5.60. The third kappa shape index (κ3) is 2.72. The fraction of sp³-hybridized carbons (Fsp3) is 0.250. The van der Waals surface area contributed by atoms with Crippen molar-refractivity contribution in [1.29, 1.82) is 0 Å². The van der Waals surface area contributed by atoms with Crippen LogP contribution in [-0.2, 0) is 0 Å². The molecule has 0 spiro atoms. The number of hydrogen-bond donors (Lipinski definition) is 1. The van der Waals surface area contributed by atoms with E-state index in [1.54, 1.807) is 18.2 Å². The van der Waals surface area contributed by atoms with Crippen molar-refractivity contribution in [3.05, 3.63) is 62.9 Å². The van der Waals surface area contributed by atoms with Gasteiger partial charge in [0.25, 0.3) is 0 Å². The Bertz CT molecular complexity index is 619. The zero-order valence-electron chi connectivity index (χ0n) is 11.7. The summed E-state index contributed by atoms with van der Waals surface area (Å²) in [5.74, 6) is -0.191. The molecule has 106 valence electrons. The first-order chi connectivity index (χ1) is 9.45. The van der Waals surface area contributed by atoms with Gasteiger partial charge in [-0.1, -0.05) is 40.2 Å². The number of ether oxygens (including phenoxy) is 1. The van der Waals surface area contributed by atoms with E-state index in [1.807, 2.05) is 26.0 Å². The third-order valence-electron chi connectivity index (χ3n) is 3.37. The molecule has 0 saturated heterocycles. The molecule has 2 nitrogen and oxygen atoms in total. The summed E-state index contributed by atoms with van der Waals surface area (Å²) in [4.78, 5) is 0. The number of methoxy groups -OCH3 is 1. The van der Waals surface area contributed by atoms with Gasteiger partial charge in [-0.3, -0.25) is 0 Å². The number of rotatable bonds is 3. The fourth-order valence-electron chi connectivity index (χ4n) is 2.26. The van der Waals surface area contributed by atoms with Crippen LogP contribution in [0.25, 0.3) is 0 Å². The molecule has 0 heterocycles. The van der Waals surface area contributed by atoms with Crippen LogP contribution >= 0.6 is 15.9 Å². The van der Waals surface area contributed by atoms with Crippen LogP contribution in [0.15, 0.2) is 34.8 Å². The Hall–Kier alpha value is -1.39. The van der Waals surface area contributed by atoms with Gasteiger partial charge in [0.2, 0.25) is 0 Å². The summed E-state index contributed by atoms with van der Waals surface area (Å²) in [6.07, 6.45) is 0. The maximum Gasteiger partial charge on any atom is 0.170 e. The maximum atomic E-state index is 14.3. The van der Waals surface area contributed by atoms with E-state index >= 15 is 0 Å². The molecule has 2 rings (SSSR count). The minimum atomic E-state index is -0.518. The molecule has 2 aromatic rings. The lowest BCUT2D eigenvalue weighted by atomic mass is 9.96. The topological polar surface area (TPSA) is 35.2 Å². The largest absolute Gasteiger partial charge is 0.494 e. The number of aryl methyl sites for hydroxylation is 2. The van der Waals surface area contributed by atoms with Crippen LogP contribution in [0.3, 0.4) is 0 Å². The molecule has 0 saturated carbocycles. The molecule has 0 aliphatic rings. The molecular formula is C16H17BrFNO. The second-order valence-electron chi connectivity index (χ2n) is 4.81. The summed E-state index contributed by atoms with van der Waals surface area (Å²) < 4.78 is 20.3. The molecule has 1 unspecified atom stereocenters. The standard InChI is InChI=1S/C16H17BrFNO/c1-9-7-11(8-10(2)14(9)17)16(19)12-5-4-6-13(20-3)15(12)18/h4-8,16H,19H2,1-3H3. The Balaban J connectivity index is 2.49. The van der Waals surface area contributed by atoms with Crippen LogP contribution in [0.1, 0.15) is 28.3 Å². The third-order valence-corrected chi connectivity index (χ3v) is 4.62. The first-order valence-corrected chi connectivity index (χ1v) is 7.09. The van der Waals surface area contributed by atoms with E-state index in [4.69, 9.17) is 10.5 Å². The van der Waals surface area contributed by atoms with E-state index < -0.39 is 11.9 Å². The van der Waals surface area contributed by atoms with Gasteiger partial charge in [-0.15, -0.1) is 0 Å². The first kappa shape index (κ1) is 15.0. The lowest BCUT2D eigenvalue weighted by molar-refractivity contribution is 0.383. The van der Waals surface area contributed by atoms with Crippen molar-refractivity contribution in [3.8, 4) is 5.75 Å². The molecule has 0 aliphatic heterocycles. The molecule has 0 bridgehead atoms. The summed E-state index contributed by atoms with van der Waals surface area (Å²) in [5.41, 5.74) is 9.70. The first-order valence-electron chi connectivity index (χ1n) is 6.30. The van der Waals surface area contributed by atoms with Crippen LogP contribution in [0.4, 0.5) is 4.39 Å². The number of nitrogens with two attached hydrogens (primary N) is 1. The van der Waals surface area contributed by atoms with Gasteiger partial charge in [-0.2, -0.15) is 0 Å². The molecule has 4 heteroatoms. The normalized spacial score (nSPS) is 12.3. The van der Waals surface area contributed by atoms with E-state index in [1.165, 1.54) is 7.11 Å². The van der Waals surface area contributed by atoms with Gasteiger partial charge in [-0.25, -0.2) is 4.39 Å². The zero-order chi connectivity index (χ0) is 14.9. The van der Waals surface area contributed by atoms with Crippen molar-refractivity contribution in [3.63, 3.8) is 0 Å². The molecule has 20 heavy (non-hydrogen) atoms.